The van der Waals surface area contributed by atoms with Crippen LogP contribution < -0.4 is 5.73 Å². The van der Waals surface area contributed by atoms with Crippen LogP contribution in [0.3, 0.4) is 0 Å². The third-order valence-electron chi connectivity index (χ3n) is 1.81. The molecule has 14 heavy (non-hydrogen) atoms. The van der Waals surface area contributed by atoms with Gasteiger partial charge < -0.3 is 5.73 Å². The summed E-state index contributed by atoms with van der Waals surface area (Å²) in [4.78, 5) is 7.90. The standard InChI is InChI=1S/C10H8ClN3/c11-9-4-8(5-10(12)14-9)7-2-1-3-13-6-7/h1-6H,(H2,12,14). The van der Waals surface area contributed by atoms with E-state index in [-0.39, 0.29) is 0 Å². The van der Waals surface area contributed by atoms with Crippen molar-refractivity contribution in [2.75, 3.05) is 5.73 Å². The Morgan fingerprint density at radius 1 is 1.21 bits per heavy atom. The Labute approximate surface area is 86.6 Å². The summed E-state index contributed by atoms with van der Waals surface area (Å²) in [5, 5.41) is 0.392. The van der Waals surface area contributed by atoms with Crippen molar-refractivity contribution in [2.24, 2.45) is 0 Å². The lowest BCUT2D eigenvalue weighted by Gasteiger charge is -2.02. The predicted molar refractivity (Wildman–Crippen MR) is 56.9 cm³/mol. The van der Waals surface area contributed by atoms with E-state index in [2.05, 4.69) is 9.97 Å². The number of nitrogens with two attached hydrogens (primary N) is 1. The smallest absolute Gasteiger partial charge is 0.132 e. The van der Waals surface area contributed by atoms with Gasteiger partial charge in [-0.3, -0.25) is 4.98 Å². The molecule has 2 rings (SSSR count). The van der Waals surface area contributed by atoms with Gasteiger partial charge in [0, 0.05) is 18.0 Å². The molecule has 4 heteroatoms. The van der Waals surface area contributed by atoms with E-state index in [1.807, 2.05) is 12.1 Å². The molecule has 3 nitrogen and oxygen atoms in total. The second-order valence-corrected chi connectivity index (χ2v) is 3.23. The van der Waals surface area contributed by atoms with Crippen LogP contribution in [-0.4, -0.2) is 9.97 Å². The number of nitrogen functional groups attached to an aromatic ring is 1. The van der Waals surface area contributed by atoms with Crippen LogP contribution in [0.5, 0.6) is 0 Å². The molecule has 2 N–H and O–H groups in total. The van der Waals surface area contributed by atoms with E-state index in [1.165, 1.54) is 0 Å². The fraction of sp³-hybridized carbons (Fsp3) is 0. The van der Waals surface area contributed by atoms with Crippen molar-refractivity contribution < 1.29 is 0 Å². The van der Waals surface area contributed by atoms with E-state index in [1.54, 1.807) is 24.5 Å². The Morgan fingerprint density at radius 2 is 2.07 bits per heavy atom. The van der Waals surface area contributed by atoms with Crippen LogP contribution in [-0.2, 0) is 0 Å². The molecule has 0 spiro atoms. The summed E-state index contributed by atoms with van der Waals surface area (Å²) < 4.78 is 0. The zero-order valence-electron chi connectivity index (χ0n) is 7.31. The maximum atomic E-state index is 5.79. The van der Waals surface area contributed by atoms with Gasteiger partial charge in [-0.1, -0.05) is 17.7 Å². The van der Waals surface area contributed by atoms with Crippen molar-refractivity contribution in [1.82, 2.24) is 9.97 Å². The van der Waals surface area contributed by atoms with Gasteiger partial charge in [-0.05, 0) is 23.8 Å². The van der Waals surface area contributed by atoms with Crippen molar-refractivity contribution in [3.8, 4) is 11.1 Å². The van der Waals surface area contributed by atoms with Crippen LogP contribution >= 0.6 is 11.6 Å². The van der Waals surface area contributed by atoms with Gasteiger partial charge in [-0.25, -0.2) is 4.98 Å². The first-order valence-corrected chi connectivity index (χ1v) is 4.47. The number of hydrogen-bond donors (Lipinski definition) is 1. The van der Waals surface area contributed by atoms with Gasteiger partial charge in [0.2, 0.25) is 0 Å². The van der Waals surface area contributed by atoms with E-state index in [0.717, 1.165) is 11.1 Å². The highest BCUT2D eigenvalue weighted by Crippen LogP contribution is 2.22. The summed E-state index contributed by atoms with van der Waals surface area (Å²) in [6.45, 7) is 0. The first-order chi connectivity index (χ1) is 6.75. The highest BCUT2D eigenvalue weighted by molar-refractivity contribution is 6.29. The van der Waals surface area contributed by atoms with Gasteiger partial charge in [0.15, 0.2) is 0 Å². The van der Waals surface area contributed by atoms with Crippen molar-refractivity contribution in [2.45, 2.75) is 0 Å². The number of anilines is 1. The molecule has 0 amide bonds. The maximum absolute atomic E-state index is 5.79. The SMILES string of the molecule is Nc1cc(-c2cccnc2)cc(Cl)n1. The molecule has 70 valence electrons. The van der Waals surface area contributed by atoms with Gasteiger partial charge in [0.25, 0.3) is 0 Å². The van der Waals surface area contributed by atoms with E-state index in [9.17, 15) is 0 Å². The van der Waals surface area contributed by atoms with E-state index in [4.69, 9.17) is 17.3 Å². The number of halogens is 1. The fourth-order valence-corrected chi connectivity index (χ4v) is 1.43. The largest absolute Gasteiger partial charge is 0.384 e. The summed E-state index contributed by atoms with van der Waals surface area (Å²) in [5.74, 6) is 0.413. The van der Waals surface area contributed by atoms with Crippen molar-refractivity contribution in [3.05, 3.63) is 41.8 Å². The molecular weight excluding hydrogens is 198 g/mol. The number of pyridine rings is 2. The van der Waals surface area contributed by atoms with Crippen LogP contribution in [0.1, 0.15) is 0 Å². The van der Waals surface area contributed by atoms with Crippen molar-refractivity contribution in [1.29, 1.82) is 0 Å². The van der Waals surface area contributed by atoms with Gasteiger partial charge in [0.05, 0.1) is 0 Å². The lowest BCUT2D eigenvalue weighted by atomic mass is 10.1. The number of nitrogens with zero attached hydrogens (tertiary/aromatic N) is 2. The lowest BCUT2D eigenvalue weighted by Crippen LogP contribution is -1.91. The van der Waals surface area contributed by atoms with Gasteiger partial charge in [0.1, 0.15) is 11.0 Å². The molecule has 2 aromatic heterocycles. The fourth-order valence-electron chi connectivity index (χ4n) is 1.22. The van der Waals surface area contributed by atoms with Gasteiger partial charge >= 0.3 is 0 Å². The zero-order valence-corrected chi connectivity index (χ0v) is 8.07. The van der Waals surface area contributed by atoms with E-state index >= 15 is 0 Å². The molecule has 0 aliphatic heterocycles. The third kappa shape index (κ3) is 1.83. The number of rotatable bonds is 1. The summed E-state index contributed by atoms with van der Waals surface area (Å²) >= 11 is 5.79. The number of hydrogen-bond acceptors (Lipinski definition) is 3. The first-order valence-electron chi connectivity index (χ1n) is 4.09. The average Bonchev–Trinajstić information content (AvgIpc) is 2.18. The normalized spacial score (nSPS) is 10.1. The molecule has 0 aromatic carbocycles. The molecule has 2 aromatic rings. The molecule has 2 heterocycles. The quantitative estimate of drug-likeness (QED) is 0.728. The molecule has 0 fully saturated rings. The predicted octanol–water partition coefficient (Wildman–Crippen LogP) is 2.38. The Kier molecular flexibility index (Phi) is 2.33. The molecule has 0 aliphatic rings. The highest BCUT2D eigenvalue weighted by Gasteiger charge is 2.00. The number of aromatic nitrogens is 2. The molecule has 0 aliphatic carbocycles. The van der Waals surface area contributed by atoms with Crippen LogP contribution in [0, 0.1) is 0 Å². The molecule has 0 radical (unpaired) electrons. The molecule has 0 atom stereocenters. The first kappa shape index (κ1) is 8.97. The topological polar surface area (TPSA) is 51.8 Å². The minimum absolute atomic E-state index is 0.392. The second-order valence-electron chi connectivity index (χ2n) is 2.85. The molecule has 0 saturated heterocycles. The molecule has 0 saturated carbocycles. The second kappa shape index (κ2) is 3.64. The minimum atomic E-state index is 0.392. The molecule has 0 unspecified atom stereocenters. The molecular formula is C10H8ClN3. The Morgan fingerprint density at radius 3 is 2.71 bits per heavy atom. The van der Waals surface area contributed by atoms with Crippen LogP contribution in [0.15, 0.2) is 36.7 Å². The zero-order chi connectivity index (χ0) is 9.97. The molecule has 0 bridgehead atoms. The van der Waals surface area contributed by atoms with E-state index in [0.29, 0.717) is 11.0 Å². The summed E-state index contributed by atoms with van der Waals surface area (Å²) in [7, 11) is 0. The lowest BCUT2D eigenvalue weighted by molar-refractivity contribution is 1.31. The third-order valence-corrected chi connectivity index (χ3v) is 2.00. The van der Waals surface area contributed by atoms with Crippen molar-refractivity contribution in [3.63, 3.8) is 0 Å². The average molecular weight is 206 g/mol. The van der Waals surface area contributed by atoms with Crippen LogP contribution in [0.25, 0.3) is 11.1 Å². The van der Waals surface area contributed by atoms with Crippen LogP contribution in [0.4, 0.5) is 5.82 Å². The summed E-state index contributed by atoms with van der Waals surface area (Å²) in [6.07, 6.45) is 3.47. The maximum Gasteiger partial charge on any atom is 0.132 e. The Balaban J connectivity index is 2.52. The minimum Gasteiger partial charge on any atom is -0.384 e. The Hall–Kier alpha value is -1.61. The summed E-state index contributed by atoms with van der Waals surface area (Å²) in [5.41, 5.74) is 7.48. The van der Waals surface area contributed by atoms with Crippen molar-refractivity contribution >= 4 is 17.4 Å². The van der Waals surface area contributed by atoms with E-state index < -0.39 is 0 Å². The monoisotopic (exact) mass is 205 g/mol. The Bertz CT molecular complexity index is 422. The summed E-state index contributed by atoms with van der Waals surface area (Å²) in [6, 6.07) is 7.33. The van der Waals surface area contributed by atoms with Crippen LogP contribution in [0.2, 0.25) is 5.15 Å². The van der Waals surface area contributed by atoms with Gasteiger partial charge in [-0.15, -0.1) is 0 Å². The highest BCUT2D eigenvalue weighted by atomic mass is 35.5. The van der Waals surface area contributed by atoms with Gasteiger partial charge in [-0.2, -0.15) is 0 Å².